The minimum Gasteiger partial charge on any atom is -0.0848 e. The molecule has 0 aromatic rings. The van der Waals surface area contributed by atoms with Crippen LogP contribution in [0.3, 0.4) is 0 Å². The second-order valence-corrected chi connectivity index (χ2v) is 1.67. The van der Waals surface area contributed by atoms with Gasteiger partial charge in [-0.25, -0.2) is 0 Å². The maximum absolute atomic E-state index is 2.14. The van der Waals surface area contributed by atoms with Gasteiger partial charge < -0.3 is 0 Å². The lowest BCUT2D eigenvalue weighted by molar-refractivity contribution is 1.21. The number of allylic oxidation sites excluding steroid dienone is 4. The van der Waals surface area contributed by atoms with E-state index in [4.69, 9.17) is 0 Å². The summed E-state index contributed by atoms with van der Waals surface area (Å²) in [5.41, 5.74) is 0. The van der Waals surface area contributed by atoms with E-state index in [1.165, 1.54) is 0 Å². The summed E-state index contributed by atoms with van der Waals surface area (Å²) in [4.78, 5) is 0. The summed E-state index contributed by atoms with van der Waals surface area (Å²) in [7, 11) is 0. The molecule has 0 saturated heterocycles. The zero-order valence-corrected chi connectivity index (χ0v) is 7.72. The Labute approximate surface area is 65.7 Å². The largest absolute Gasteiger partial charge is 0.0848 e. The normalized spacial score (nSPS) is 10.0. The highest BCUT2D eigenvalue weighted by Gasteiger charge is 1.61. The Morgan fingerprint density at radius 1 is 0.800 bits per heavy atom. The maximum Gasteiger partial charge on any atom is -0.0376 e. The minimum atomic E-state index is 1.13. The topological polar surface area (TPSA) is 0 Å². The van der Waals surface area contributed by atoms with Gasteiger partial charge in [0.1, 0.15) is 0 Å². The highest BCUT2D eigenvalue weighted by Crippen LogP contribution is 1.83. The third-order valence-corrected chi connectivity index (χ3v) is 0.855. The molecule has 0 spiro atoms. The lowest BCUT2D eigenvalue weighted by Crippen LogP contribution is -1.52. The Hall–Kier alpha value is -0.520. The van der Waals surface area contributed by atoms with E-state index in [-0.39, 0.29) is 0 Å². The molecule has 0 nitrogen and oxygen atoms in total. The van der Waals surface area contributed by atoms with Gasteiger partial charge in [0.2, 0.25) is 0 Å². The lowest BCUT2D eigenvalue weighted by Gasteiger charge is -1.74. The van der Waals surface area contributed by atoms with E-state index in [0.29, 0.717) is 0 Å². The summed E-state index contributed by atoms with van der Waals surface area (Å²) in [6.07, 6.45) is 10.7. The second kappa shape index (κ2) is 15.8. The smallest absolute Gasteiger partial charge is 0.0376 e. The van der Waals surface area contributed by atoms with Crippen molar-refractivity contribution in [3.63, 3.8) is 0 Å². The fourth-order valence-electron chi connectivity index (χ4n) is 0.429. The zero-order valence-electron chi connectivity index (χ0n) is 7.72. The van der Waals surface area contributed by atoms with Gasteiger partial charge in [-0.3, -0.25) is 0 Å². The lowest BCUT2D eigenvalue weighted by atomic mass is 10.3. The Bertz CT molecular complexity index is 66.0. The molecule has 0 amide bonds. The molecule has 0 rings (SSSR count). The van der Waals surface area contributed by atoms with Crippen molar-refractivity contribution in [3.05, 3.63) is 24.3 Å². The van der Waals surface area contributed by atoms with Crippen molar-refractivity contribution < 1.29 is 0 Å². The summed E-state index contributed by atoms with van der Waals surface area (Å²) in [5.74, 6) is 0. The van der Waals surface area contributed by atoms with Gasteiger partial charge in [0.05, 0.1) is 0 Å². The van der Waals surface area contributed by atoms with Crippen LogP contribution in [0.4, 0.5) is 0 Å². The number of rotatable bonds is 3. The first-order valence-corrected chi connectivity index (χ1v) is 4.23. The quantitative estimate of drug-likeness (QED) is 0.521. The third-order valence-electron chi connectivity index (χ3n) is 0.855. The van der Waals surface area contributed by atoms with Crippen LogP contribution in [0.5, 0.6) is 0 Å². The Balaban J connectivity index is 0. The fourth-order valence-corrected chi connectivity index (χ4v) is 0.429. The van der Waals surface area contributed by atoms with E-state index in [1.54, 1.807) is 0 Å². The summed E-state index contributed by atoms with van der Waals surface area (Å²) in [6, 6.07) is 0. The fraction of sp³-hybridized carbons (Fsp3) is 0.600. The van der Waals surface area contributed by atoms with E-state index in [9.17, 15) is 0 Å². The molecule has 0 aromatic carbocycles. The molecule has 0 fully saturated rings. The highest BCUT2D eigenvalue weighted by molar-refractivity contribution is 5.01. The monoisotopic (exact) mass is 140 g/mol. The molecule has 0 aromatic heterocycles. The van der Waals surface area contributed by atoms with E-state index >= 15 is 0 Å². The molecule has 60 valence electrons. The molecule has 0 bridgehead atoms. The Morgan fingerprint density at radius 3 is 1.30 bits per heavy atom. The van der Waals surface area contributed by atoms with E-state index in [0.717, 1.165) is 12.8 Å². The van der Waals surface area contributed by atoms with Gasteiger partial charge in [-0.2, -0.15) is 0 Å². The van der Waals surface area contributed by atoms with E-state index in [2.05, 4.69) is 38.2 Å². The van der Waals surface area contributed by atoms with E-state index in [1.807, 2.05) is 13.8 Å². The van der Waals surface area contributed by atoms with Crippen molar-refractivity contribution in [2.45, 2.75) is 40.5 Å². The van der Waals surface area contributed by atoms with Gasteiger partial charge in [0, 0.05) is 0 Å². The molecule has 0 aliphatic heterocycles. The first kappa shape index (κ1) is 12.2. The molecule has 0 saturated carbocycles. The summed E-state index contributed by atoms with van der Waals surface area (Å²) in [5, 5.41) is 0. The first-order chi connectivity index (χ1) is 4.91. The Morgan fingerprint density at radius 2 is 1.10 bits per heavy atom. The van der Waals surface area contributed by atoms with Crippen LogP contribution in [0.2, 0.25) is 0 Å². The van der Waals surface area contributed by atoms with Crippen molar-refractivity contribution in [2.24, 2.45) is 0 Å². The van der Waals surface area contributed by atoms with E-state index < -0.39 is 0 Å². The van der Waals surface area contributed by atoms with Crippen LogP contribution in [0.1, 0.15) is 40.5 Å². The van der Waals surface area contributed by atoms with Crippen LogP contribution in [0, 0.1) is 0 Å². The van der Waals surface area contributed by atoms with Crippen LogP contribution in [-0.2, 0) is 0 Å². The molecule has 0 aliphatic rings. The molecule has 0 aliphatic carbocycles. The highest BCUT2D eigenvalue weighted by atomic mass is 13.7. The number of hydrogen-bond donors (Lipinski definition) is 0. The summed E-state index contributed by atoms with van der Waals surface area (Å²) >= 11 is 0. The predicted molar refractivity (Wildman–Crippen MR) is 50.2 cm³/mol. The molecular formula is C10H20. The average Bonchev–Trinajstić information content (AvgIpc) is 2.02. The molecular weight excluding hydrogens is 120 g/mol. The van der Waals surface area contributed by atoms with Crippen LogP contribution in [0.15, 0.2) is 24.3 Å². The standard InChI is InChI=1S/C8H14.C2H6/c1-3-5-7-8-6-4-2;1-2/h5-8H,3-4H2,1-2H3;1-2H3/b7-5-,8-6-;. The van der Waals surface area contributed by atoms with Gasteiger partial charge in [0.15, 0.2) is 0 Å². The van der Waals surface area contributed by atoms with Crippen LogP contribution < -0.4 is 0 Å². The van der Waals surface area contributed by atoms with Crippen molar-refractivity contribution in [1.82, 2.24) is 0 Å². The van der Waals surface area contributed by atoms with Crippen LogP contribution >= 0.6 is 0 Å². The molecule has 0 atom stereocenters. The second-order valence-electron chi connectivity index (χ2n) is 1.67. The molecule has 10 heavy (non-hydrogen) atoms. The molecule has 0 heteroatoms. The summed E-state index contributed by atoms with van der Waals surface area (Å²) in [6.45, 7) is 8.27. The van der Waals surface area contributed by atoms with Crippen molar-refractivity contribution in [1.29, 1.82) is 0 Å². The Kier molecular flexibility index (Phi) is 19.3. The molecule has 0 N–H and O–H groups in total. The first-order valence-electron chi connectivity index (χ1n) is 4.23. The van der Waals surface area contributed by atoms with Gasteiger partial charge >= 0.3 is 0 Å². The molecule has 0 heterocycles. The predicted octanol–water partition coefficient (Wildman–Crippen LogP) is 3.95. The SMILES string of the molecule is CC.CC/C=C\C=C/CC. The minimum absolute atomic E-state index is 1.13. The number of hydrogen-bond acceptors (Lipinski definition) is 0. The maximum atomic E-state index is 2.14. The van der Waals surface area contributed by atoms with Gasteiger partial charge in [0.25, 0.3) is 0 Å². The van der Waals surface area contributed by atoms with Crippen molar-refractivity contribution in [2.75, 3.05) is 0 Å². The zero-order chi connectivity index (χ0) is 8.24. The van der Waals surface area contributed by atoms with Gasteiger partial charge in [-0.05, 0) is 12.8 Å². The van der Waals surface area contributed by atoms with Crippen LogP contribution in [-0.4, -0.2) is 0 Å². The van der Waals surface area contributed by atoms with Crippen molar-refractivity contribution >= 4 is 0 Å². The van der Waals surface area contributed by atoms with Gasteiger partial charge in [-0.15, -0.1) is 0 Å². The average molecular weight is 140 g/mol. The van der Waals surface area contributed by atoms with Crippen molar-refractivity contribution in [3.8, 4) is 0 Å². The summed E-state index contributed by atoms with van der Waals surface area (Å²) < 4.78 is 0. The van der Waals surface area contributed by atoms with Crippen LogP contribution in [0.25, 0.3) is 0 Å². The molecule has 0 unspecified atom stereocenters. The third kappa shape index (κ3) is 15.6. The van der Waals surface area contributed by atoms with Gasteiger partial charge in [-0.1, -0.05) is 52.0 Å². The molecule has 0 radical (unpaired) electrons.